The number of nitrogens with zero attached hydrogens (tertiary/aromatic N) is 3. The van der Waals surface area contributed by atoms with E-state index >= 15 is 0 Å². The normalized spacial score (nSPS) is 12.7. The van der Waals surface area contributed by atoms with Gasteiger partial charge in [0.05, 0.1) is 15.6 Å². The molecule has 4 rings (SSSR count). The number of alkyl halides is 3. The summed E-state index contributed by atoms with van der Waals surface area (Å²) in [6.45, 7) is 0.00902. The Balaban J connectivity index is 1.63. The lowest BCUT2D eigenvalue weighted by atomic mass is 9.90. The Kier molecular flexibility index (Phi) is 8.67. The van der Waals surface area contributed by atoms with Gasteiger partial charge in [0.1, 0.15) is 17.3 Å². The van der Waals surface area contributed by atoms with Gasteiger partial charge in [-0.05, 0) is 75.5 Å². The monoisotopic (exact) mass is 621 g/mol. The molecule has 208 valence electrons. The number of anilines is 1. The first-order valence-corrected chi connectivity index (χ1v) is 12.4. The first kappa shape index (κ1) is 28.5. The maximum absolute atomic E-state index is 13.7. The van der Waals surface area contributed by atoms with Gasteiger partial charge < -0.3 is 20.9 Å². The number of phenols is 1. The fraction of sp³-hybridized carbons (Fsp3) is 0.154. The summed E-state index contributed by atoms with van der Waals surface area (Å²) in [7, 11) is 0. The fourth-order valence-electron chi connectivity index (χ4n) is 3.89. The highest BCUT2D eigenvalue weighted by Crippen LogP contribution is 2.33. The Morgan fingerprint density at radius 3 is 2.45 bits per heavy atom. The van der Waals surface area contributed by atoms with Crippen LogP contribution in [0.25, 0.3) is 0 Å². The van der Waals surface area contributed by atoms with Crippen molar-refractivity contribution in [1.29, 1.82) is 0 Å². The number of para-hydroxylation sites is 1. The molecule has 3 aromatic carbocycles. The molecule has 1 atom stereocenters. The molecular formula is C26H20BrF4N5O4. The summed E-state index contributed by atoms with van der Waals surface area (Å²) in [5.74, 6) is -2.32. The van der Waals surface area contributed by atoms with Crippen LogP contribution in [-0.4, -0.2) is 38.9 Å². The van der Waals surface area contributed by atoms with E-state index in [2.05, 4.69) is 42.0 Å². The molecule has 40 heavy (non-hydrogen) atoms. The number of hydrogen-bond donors (Lipinski definition) is 4. The van der Waals surface area contributed by atoms with Crippen LogP contribution < -0.4 is 10.6 Å². The van der Waals surface area contributed by atoms with E-state index < -0.39 is 29.4 Å². The van der Waals surface area contributed by atoms with Crippen LogP contribution in [0.1, 0.15) is 45.2 Å². The smallest absolute Gasteiger partial charge is 0.416 e. The molecule has 0 bridgehead atoms. The number of aromatic nitrogens is 2. The molecule has 1 heterocycles. The molecule has 4 aromatic rings. The molecule has 4 N–H and O–H groups in total. The van der Waals surface area contributed by atoms with Crippen LogP contribution >= 0.6 is 15.9 Å². The van der Waals surface area contributed by atoms with Gasteiger partial charge in [0.15, 0.2) is 5.69 Å². The van der Waals surface area contributed by atoms with Crippen molar-refractivity contribution in [2.75, 3.05) is 11.9 Å². The number of carbonyl (C=O) groups excluding carboxylic acids is 1. The molecule has 1 amide bonds. The Morgan fingerprint density at radius 2 is 1.80 bits per heavy atom. The van der Waals surface area contributed by atoms with Gasteiger partial charge in [0.2, 0.25) is 5.84 Å². The Morgan fingerprint density at radius 1 is 1.07 bits per heavy atom. The number of phenolic OH excluding ortho intramolecular Hbond substituents is 1. The van der Waals surface area contributed by atoms with Crippen molar-refractivity contribution in [2.45, 2.75) is 18.5 Å². The molecule has 0 saturated heterocycles. The summed E-state index contributed by atoms with van der Waals surface area (Å²) in [4.78, 5) is 12.6. The zero-order chi connectivity index (χ0) is 28.9. The van der Waals surface area contributed by atoms with Crippen molar-refractivity contribution >= 4 is 33.4 Å². The Labute approximate surface area is 232 Å². The van der Waals surface area contributed by atoms with Gasteiger partial charge in [-0.3, -0.25) is 4.79 Å². The minimum atomic E-state index is -4.55. The van der Waals surface area contributed by atoms with Crippen molar-refractivity contribution in [3.05, 3.63) is 105 Å². The van der Waals surface area contributed by atoms with Gasteiger partial charge in [0.25, 0.3) is 5.91 Å². The molecule has 0 aliphatic carbocycles. The molecular weight excluding hydrogens is 602 g/mol. The third-order valence-electron chi connectivity index (χ3n) is 5.86. The summed E-state index contributed by atoms with van der Waals surface area (Å²) in [6.07, 6.45) is -4.45. The molecule has 1 unspecified atom stereocenters. The van der Waals surface area contributed by atoms with Crippen LogP contribution in [0, 0.1) is 5.82 Å². The lowest BCUT2D eigenvalue weighted by molar-refractivity contribution is -0.137. The summed E-state index contributed by atoms with van der Waals surface area (Å²) >= 11 is 3.06. The topological polar surface area (TPSA) is 133 Å². The van der Waals surface area contributed by atoms with E-state index in [0.29, 0.717) is 11.3 Å². The average Bonchev–Trinajstić information content (AvgIpc) is 3.41. The zero-order valence-electron chi connectivity index (χ0n) is 20.3. The SMILES string of the molecule is O=C(NCCC(c1ccc(C(F)(F)F)cc1)c1nonc1C(=NO)Nc1ccc(F)c(Br)c1)c1ccccc1O. The van der Waals surface area contributed by atoms with Crippen LogP contribution in [0.4, 0.5) is 23.2 Å². The molecule has 0 aliphatic rings. The van der Waals surface area contributed by atoms with Crippen molar-refractivity contribution in [3.63, 3.8) is 0 Å². The number of benzene rings is 3. The van der Waals surface area contributed by atoms with Gasteiger partial charge in [-0.25, -0.2) is 9.02 Å². The van der Waals surface area contributed by atoms with Crippen LogP contribution in [0.5, 0.6) is 5.75 Å². The summed E-state index contributed by atoms with van der Waals surface area (Å²) < 4.78 is 58.2. The molecule has 0 fully saturated rings. The summed E-state index contributed by atoms with van der Waals surface area (Å²) in [6, 6.07) is 14.2. The number of rotatable bonds is 8. The molecule has 0 radical (unpaired) electrons. The zero-order valence-corrected chi connectivity index (χ0v) is 21.9. The molecule has 1 aromatic heterocycles. The second-order valence-electron chi connectivity index (χ2n) is 8.43. The average molecular weight is 622 g/mol. The predicted molar refractivity (Wildman–Crippen MR) is 139 cm³/mol. The van der Waals surface area contributed by atoms with E-state index in [0.717, 1.165) is 12.1 Å². The highest BCUT2D eigenvalue weighted by molar-refractivity contribution is 9.10. The quantitative estimate of drug-likeness (QED) is 0.0633. The third-order valence-corrected chi connectivity index (χ3v) is 6.47. The van der Waals surface area contributed by atoms with E-state index in [4.69, 9.17) is 4.63 Å². The van der Waals surface area contributed by atoms with E-state index in [9.17, 15) is 32.7 Å². The standard InChI is InChI=1S/C26H20BrF4N5O4/c27-19-13-16(9-10-20(19)28)33-24(34-39)23-22(35-40-36-23)17(14-5-7-15(8-6-14)26(29,30)31)11-12-32-25(38)18-3-1-2-4-21(18)37/h1-10,13,17,37,39H,11-12H2,(H,32,38)(H,33,34). The molecule has 0 saturated carbocycles. The molecule has 0 aliphatic heterocycles. The number of halogens is 5. The Bertz CT molecular complexity index is 1530. The third kappa shape index (κ3) is 6.57. The highest BCUT2D eigenvalue weighted by Gasteiger charge is 2.32. The summed E-state index contributed by atoms with van der Waals surface area (Å²) in [5, 5.41) is 36.0. The van der Waals surface area contributed by atoms with Crippen molar-refractivity contribution in [1.82, 2.24) is 15.6 Å². The van der Waals surface area contributed by atoms with Crippen LogP contribution in [-0.2, 0) is 6.18 Å². The lowest BCUT2D eigenvalue weighted by Crippen LogP contribution is -2.26. The lowest BCUT2D eigenvalue weighted by Gasteiger charge is -2.18. The van der Waals surface area contributed by atoms with E-state index in [1.807, 2.05) is 0 Å². The van der Waals surface area contributed by atoms with Crippen molar-refractivity contribution in [2.24, 2.45) is 5.16 Å². The van der Waals surface area contributed by atoms with Gasteiger partial charge in [-0.2, -0.15) is 13.2 Å². The van der Waals surface area contributed by atoms with Gasteiger partial charge in [-0.1, -0.05) is 34.6 Å². The minimum absolute atomic E-state index is 0.00902. The predicted octanol–water partition coefficient (Wildman–Crippen LogP) is 5.90. The molecule has 9 nitrogen and oxygen atoms in total. The van der Waals surface area contributed by atoms with E-state index in [1.165, 1.54) is 42.5 Å². The summed E-state index contributed by atoms with van der Waals surface area (Å²) in [5.41, 5.74) is -0.0956. The maximum Gasteiger partial charge on any atom is 0.416 e. The number of nitrogens with one attached hydrogen (secondary N) is 2. The van der Waals surface area contributed by atoms with Crippen LogP contribution in [0.2, 0.25) is 0 Å². The minimum Gasteiger partial charge on any atom is -0.507 e. The largest absolute Gasteiger partial charge is 0.507 e. The van der Waals surface area contributed by atoms with E-state index in [-0.39, 0.29) is 46.0 Å². The number of aromatic hydroxyl groups is 1. The van der Waals surface area contributed by atoms with Crippen molar-refractivity contribution < 1.29 is 37.3 Å². The molecule has 14 heteroatoms. The fourth-order valence-corrected chi connectivity index (χ4v) is 4.27. The van der Waals surface area contributed by atoms with Gasteiger partial charge >= 0.3 is 6.18 Å². The van der Waals surface area contributed by atoms with Crippen LogP contribution in [0.15, 0.2) is 81.0 Å². The number of amides is 1. The Hall–Kier alpha value is -4.46. The first-order valence-electron chi connectivity index (χ1n) is 11.6. The number of hydrogen-bond acceptors (Lipinski definition) is 7. The van der Waals surface area contributed by atoms with Gasteiger partial charge in [-0.15, -0.1) is 0 Å². The maximum atomic E-state index is 13.7. The van der Waals surface area contributed by atoms with Gasteiger partial charge in [0, 0.05) is 18.2 Å². The number of carbonyl (C=O) groups is 1. The van der Waals surface area contributed by atoms with E-state index in [1.54, 1.807) is 12.1 Å². The van der Waals surface area contributed by atoms with Crippen molar-refractivity contribution in [3.8, 4) is 5.75 Å². The second-order valence-corrected chi connectivity index (χ2v) is 9.29. The number of amidine groups is 1. The highest BCUT2D eigenvalue weighted by atomic mass is 79.9. The molecule has 0 spiro atoms. The first-order chi connectivity index (χ1) is 19.1. The van der Waals surface area contributed by atoms with Crippen LogP contribution in [0.3, 0.4) is 0 Å². The number of oxime groups is 1. The second kappa shape index (κ2) is 12.2.